The molecule has 1 aromatic rings. The van der Waals surface area contributed by atoms with Gasteiger partial charge in [-0.3, -0.25) is 9.59 Å². The third kappa shape index (κ3) is 6.27. The predicted octanol–water partition coefficient (Wildman–Crippen LogP) is 0.157. The Labute approximate surface area is 112 Å². The molecule has 1 heterocycles. The van der Waals surface area contributed by atoms with Crippen LogP contribution in [0, 0.1) is 0 Å². The largest absolute Gasteiger partial charge is 0.459 e. The molecule has 0 spiro atoms. The van der Waals surface area contributed by atoms with Gasteiger partial charge in [0.2, 0.25) is 5.91 Å². The first kappa shape index (κ1) is 16.5. The average Bonchev–Trinajstić information content (AvgIpc) is 2.85. The molecule has 102 valence electrons. The maximum absolute atomic E-state index is 11.4. The van der Waals surface area contributed by atoms with Crippen LogP contribution >= 0.6 is 12.4 Å². The zero-order valence-corrected chi connectivity index (χ0v) is 11.0. The number of nitrogens with one attached hydrogen (secondary N) is 3. The maximum atomic E-state index is 11.4. The van der Waals surface area contributed by atoms with Crippen molar-refractivity contribution in [2.24, 2.45) is 0 Å². The van der Waals surface area contributed by atoms with E-state index in [4.69, 9.17) is 4.42 Å². The highest BCUT2D eigenvalue weighted by molar-refractivity contribution is 5.91. The van der Waals surface area contributed by atoms with Crippen LogP contribution in [0.25, 0.3) is 0 Å². The van der Waals surface area contributed by atoms with Gasteiger partial charge in [-0.2, -0.15) is 0 Å². The molecule has 0 aliphatic heterocycles. The minimum Gasteiger partial charge on any atom is -0.459 e. The van der Waals surface area contributed by atoms with Crippen LogP contribution in [0.4, 0.5) is 0 Å². The number of halogens is 1. The van der Waals surface area contributed by atoms with Crippen LogP contribution in [-0.4, -0.2) is 38.5 Å². The van der Waals surface area contributed by atoms with Crippen molar-refractivity contribution in [2.45, 2.75) is 6.42 Å². The first-order valence-electron chi connectivity index (χ1n) is 5.47. The number of amides is 2. The number of carbonyl (C=O) groups is 2. The summed E-state index contributed by atoms with van der Waals surface area (Å²) in [6.07, 6.45) is 1.87. The molecule has 3 N–H and O–H groups in total. The summed E-state index contributed by atoms with van der Waals surface area (Å²) in [7, 11) is 1.79. The summed E-state index contributed by atoms with van der Waals surface area (Å²) in [5, 5.41) is 8.21. The summed E-state index contributed by atoms with van der Waals surface area (Å²) < 4.78 is 4.92. The molecular formula is C11H18ClN3O3. The van der Waals surface area contributed by atoms with Crippen molar-refractivity contribution in [1.29, 1.82) is 0 Å². The average molecular weight is 276 g/mol. The van der Waals surface area contributed by atoms with Gasteiger partial charge in [-0.1, -0.05) is 0 Å². The predicted molar refractivity (Wildman–Crippen MR) is 69.8 cm³/mol. The molecule has 0 bridgehead atoms. The maximum Gasteiger partial charge on any atom is 0.287 e. The Morgan fingerprint density at radius 3 is 2.56 bits per heavy atom. The summed E-state index contributed by atoms with van der Waals surface area (Å²) in [5.41, 5.74) is 0. The second-order valence-corrected chi connectivity index (χ2v) is 3.44. The van der Waals surface area contributed by atoms with Gasteiger partial charge in [-0.05, 0) is 19.2 Å². The van der Waals surface area contributed by atoms with Crippen molar-refractivity contribution >= 4 is 24.2 Å². The van der Waals surface area contributed by atoms with Crippen molar-refractivity contribution in [2.75, 3.05) is 26.7 Å². The molecule has 1 rings (SSSR count). The summed E-state index contributed by atoms with van der Waals surface area (Å²) in [6.45, 7) is 1.43. The number of carbonyl (C=O) groups excluding carboxylic acids is 2. The molecule has 0 aliphatic rings. The van der Waals surface area contributed by atoms with Gasteiger partial charge >= 0.3 is 0 Å². The molecule has 0 radical (unpaired) electrons. The van der Waals surface area contributed by atoms with Crippen molar-refractivity contribution < 1.29 is 14.0 Å². The standard InChI is InChI=1S/C11H17N3O3.ClH/c1-12-5-4-10(15)13-6-7-14-11(16)9-3-2-8-17-9;/h2-3,8,12H,4-7H2,1H3,(H,13,15)(H,14,16);1H. The lowest BCUT2D eigenvalue weighted by Crippen LogP contribution is -2.35. The van der Waals surface area contributed by atoms with Gasteiger partial charge in [0, 0.05) is 26.1 Å². The lowest BCUT2D eigenvalue weighted by atomic mass is 10.4. The highest BCUT2D eigenvalue weighted by atomic mass is 35.5. The van der Waals surface area contributed by atoms with Gasteiger partial charge in [0.25, 0.3) is 5.91 Å². The molecule has 2 amide bonds. The van der Waals surface area contributed by atoms with Crippen LogP contribution in [0.5, 0.6) is 0 Å². The Bertz CT molecular complexity index is 354. The number of furan rings is 1. The van der Waals surface area contributed by atoms with Gasteiger partial charge in [-0.25, -0.2) is 0 Å². The quantitative estimate of drug-likeness (QED) is 0.619. The number of hydrogen-bond donors (Lipinski definition) is 3. The van der Waals surface area contributed by atoms with E-state index in [1.807, 2.05) is 0 Å². The lowest BCUT2D eigenvalue weighted by molar-refractivity contribution is -0.120. The molecule has 6 nitrogen and oxygen atoms in total. The first-order valence-corrected chi connectivity index (χ1v) is 5.47. The van der Waals surface area contributed by atoms with Gasteiger partial charge in [0.05, 0.1) is 6.26 Å². The van der Waals surface area contributed by atoms with Crippen molar-refractivity contribution in [3.05, 3.63) is 24.2 Å². The summed E-state index contributed by atoms with van der Waals surface area (Å²) in [6, 6.07) is 3.23. The molecule has 0 aliphatic carbocycles. The van der Waals surface area contributed by atoms with Gasteiger partial charge in [-0.15, -0.1) is 12.4 Å². The summed E-state index contributed by atoms with van der Waals surface area (Å²) in [4.78, 5) is 22.6. The van der Waals surface area contributed by atoms with Crippen molar-refractivity contribution in [3.8, 4) is 0 Å². The Kier molecular flexibility index (Phi) is 8.69. The Morgan fingerprint density at radius 2 is 1.94 bits per heavy atom. The molecule has 0 saturated carbocycles. The third-order valence-corrected chi connectivity index (χ3v) is 2.08. The number of rotatable bonds is 7. The molecule has 0 atom stereocenters. The highest BCUT2D eigenvalue weighted by Crippen LogP contribution is 1.98. The van der Waals surface area contributed by atoms with Crippen LogP contribution in [-0.2, 0) is 4.79 Å². The van der Waals surface area contributed by atoms with E-state index < -0.39 is 0 Å². The van der Waals surface area contributed by atoms with E-state index >= 15 is 0 Å². The van der Waals surface area contributed by atoms with E-state index in [0.29, 0.717) is 26.1 Å². The second kappa shape index (κ2) is 9.49. The molecule has 1 aromatic heterocycles. The van der Waals surface area contributed by atoms with E-state index in [1.54, 1.807) is 19.2 Å². The lowest BCUT2D eigenvalue weighted by Gasteiger charge is -2.05. The minimum atomic E-state index is -0.278. The van der Waals surface area contributed by atoms with Crippen LogP contribution in [0.15, 0.2) is 22.8 Å². The van der Waals surface area contributed by atoms with E-state index in [-0.39, 0.29) is 30.0 Å². The normalized spacial score (nSPS) is 9.39. The van der Waals surface area contributed by atoms with Crippen LogP contribution in [0.1, 0.15) is 17.0 Å². The molecule has 0 fully saturated rings. The van der Waals surface area contributed by atoms with Crippen LogP contribution in [0.3, 0.4) is 0 Å². The number of hydrogen-bond acceptors (Lipinski definition) is 4. The minimum absolute atomic E-state index is 0. The second-order valence-electron chi connectivity index (χ2n) is 3.44. The molecule has 0 saturated heterocycles. The van der Waals surface area contributed by atoms with Crippen molar-refractivity contribution in [3.63, 3.8) is 0 Å². The fourth-order valence-electron chi connectivity index (χ4n) is 1.20. The molecule has 7 heteroatoms. The summed E-state index contributed by atoms with van der Waals surface area (Å²) >= 11 is 0. The Balaban J connectivity index is 0.00000289. The van der Waals surface area contributed by atoms with Gasteiger partial charge in [0.15, 0.2) is 5.76 Å². The Hall–Kier alpha value is -1.53. The smallest absolute Gasteiger partial charge is 0.287 e. The third-order valence-electron chi connectivity index (χ3n) is 2.08. The summed E-state index contributed by atoms with van der Waals surface area (Å²) in [5.74, 6) is -0.0439. The zero-order valence-electron chi connectivity index (χ0n) is 10.2. The highest BCUT2D eigenvalue weighted by Gasteiger charge is 2.06. The topological polar surface area (TPSA) is 83.4 Å². The molecular weight excluding hydrogens is 258 g/mol. The van der Waals surface area contributed by atoms with Gasteiger partial charge < -0.3 is 20.4 Å². The van der Waals surface area contributed by atoms with Gasteiger partial charge in [0.1, 0.15) is 0 Å². The zero-order chi connectivity index (χ0) is 12.5. The molecule has 0 aromatic carbocycles. The molecule has 18 heavy (non-hydrogen) atoms. The monoisotopic (exact) mass is 275 g/mol. The fourth-order valence-corrected chi connectivity index (χ4v) is 1.20. The van der Waals surface area contributed by atoms with Crippen molar-refractivity contribution in [1.82, 2.24) is 16.0 Å². The Morgan fingerprint density at radius 1 is 1.22 bits per heavy atom. The van der Waals surface area contributed by atoms with Crippen LogP contribution < -0.4 is 16.0 Å². The molecule has 0 unspecified atom stereocenters. The van der Waals surface area contributed by atoms with E-state index in [2.05, 4.69) is 16.0 Å². The van der Waals surface area contributed by atoms with Crippen LogP contribution in [0.2, 0.25) is 0 Å². The van der Waals surface area contributed by atoms with E-state index in [1.165, 1.54) is 6.26 Å². The first-order chi connectivity index (χ1) is 8.24. The van der Waals surface area contributed by atoms with E-state index in [9.17, 15) is 9.59 Å². The van der Waals surface area contributed by atoms with E-state index in [0.717, 1.165) is 0 Å². The fraction of sp³-hybridized carbons (Fsp3) is 0.455. The SMILES string of the molecule is CNCCC(=O)NCCNC(=O)c1ccco1.Cl.